The quantitative estimate of drug-likeness (QED) is 0.485. The Morgan fingerprint density at radius 2 is 2.00 bits per heavy atom. The molecule has 0 saturated heterocycles. The van der Waals surface area contributed by atoms with E-state index in [1.54, 1.807) is 36.8 Å². The number of carbonyl (C=O) groups is 1. The zero-order valence-electron chi connectivity index (χ0n) is 15.0. The topological polar surface area (TPSA) is 66.8 Å². The minimum atomic E-state index is -0.752. The van der Waals surface area contributed by atoms with Gasteiger partial charge in [-0.2, -0.15) is 5.10 Å². The minimum Gasteiger partial charge on any atom is -0.497 e. The number of nitrogens with one attached hydrogen (secondary N) is 1. The Hall–Kier alpha value is -3.33. The molecule has 0 bridgehead atoms. The largest absolute Gasteiger partial charge is 0.497 e. The molecule has 0 aliphatic heterocycles. The fraction of sp³-hybridized carbons (Fsp3) is 0.105. The molecule has 6 nitrogen and oxygen atoms in total. The third kappa shape index (κ3) is 4.49. The van der Waals surface area contributed by atoms with Gasteiger partial charge in [0.2, 0.25) is 5.91 Å². The third-order valence-electron chi connectivity index (χ3n) is 3.66. The maximum absolute atomic E-state index is 13.6. The molecular weight excluding hydrogens is 386 g/mol. The lowest BCUT2D eigenvalue weighted by Gasteiger charge is -2.18. The summed E-state index contributed by atoms with van der Waals surface area (Å²) in [6.45, 7) is 1.44. The summed E-state index contributed by atoms with van der Waals surface area (Å²) in [5.74, 6) is -0.940. The standard InChI is InChI=1S/C19H16F2N4O2S/c1-12(26)25(15-4-6-16(27-2)7-5-15)19-23-14(11-28-19)10-22-24-18-8-3-13(20)9-17(18)21/h3-11,24H,1-2H3/b22-10-. The van der Waals surface area contributed by atoms with Crippen molar-refractivity contribution in [3.63, 3.8) is 0 Å². The van der Waals surface area contributed by atoms with Gasteiger partial charge in [-0.1, -0.05) is 0 Å². The van der Waals surface area contributed by atoms with Crippen molar-refractivity contribution >= 4 is 40.0 Å². The van der Waals surface area contributed by atoms with Crippen molar-refractivity contribution in [1.29, 1.82) is 0 Å². The first-order valence-electron chi connectivity index (χ1n) is 8.12. The summed E-state index contributed by atoms with van der Waals surface area (Å²) < 4.78 is 31.6. The number of hydrogen-bond acceptors (Lipinski definition) is 6. The van der Waals surface area contributed by atoms with E-state index in [4.69, 9.17) is 4.74 Å². The molecule has 1 heterocycles. The zero-order chi connectivity index (χ0) is 20.1. The number of anilines is 3. The number of ether oxygens (including phenoxy) is 1. The van der Waals surface area contributed by atoms with Crippen LogP contribution >= 0.6 is 11.3 Å². The maximum atomic E-state index is 13.6. The highest BCUT2D eigenvalue weighted by Crippen LogP contribution is 2.29. The molecule has 144 valence electrons. The number of amides is 1. The smallest absolute Gasteiger partial charge is 0.230 e. The minimum absolute atomic E-state index is 0.0386. The van der Waals surface area contributed by atoms with Crippen molar-refractivity contribution < 1.29 is 18.3 Å². The summed E-state index contributed by atoms with van der Waals surface area (Å²) in [4.78, 5) is 18.0. The fourth-order valence-corrected chi connectivity index (χ4v) is 3.18. The highest BCUT2D eigenvalue weighted by Gasteiger charge is 2.17. The number of rotatable bonds is 6. The third-order valence-corrected chi connectivity index (χ3v) is 4.50. The van der Waals surface area contributed by atoms with Gasteiger partial charge in [-0.05, 0) is 36.4 Å². The number of aromatic nitrogens is 1. The summed E-state index contributed by atoms with van der Waals surface area (Å²) in [6, 6.07) is 10.2. The molecule has 3 rings (SSSR count). The van der Waals surface area contributed by atoms with Crippen LogP contribution in [0.5, 0.6) is 5.75 Å². The summed E-state index contributed by atoms with van der Waals surface area (Å²) in [5, 5.41) is 6.08. The number of carbonyl (C=O) groups excluding carboxylic acids is 1. The zero-order valence-corrected chi connectivity index (χ0v) is 15.8. The molecule has 1 N–H and O–H groups in total. The van der Waals surface area contributed by atoms with Crippen LogP contribution < -0.4 is 15.1 Å². The van der Waals surface area contributed by atoms with Crippen molar-refractivity contribution in [1.82, 2.24) is 4.98 Å². The number of halogens is 2. The molecule has 9 heteroatoms. The van der Waals surface area contributed by atoms with E-state index in [1.165, 1.54) is 35.4 Å². The number of methoxy groups -OCH3 is 1. The van der Waals surface area contributed by atoms with E-state index >= 15 is 0 Å². The van der Waals surface area contributed by atoms with Gasteiger partial charge in [-0.25, -0.2) is 13.8 Å². The van der Waals surface area contributed by atoms with Gasteiger partial charge in [0.1, 0.15) is 11.6 Å². The van der Waals surface area contributed by atoms with Crippen LogP contribution in [-0.2, 0) is 4.79 Å². The Bertz CT molecular complexity index is 1010. The van der Waals surface area contributed by atoms with Crippen LogP contribution in [0.4, 0.5) is 25.3 Å². The van der Waals surface area contributed by atoms with E-state index < -0.39 is 11.6 Å². The Morgan fingerprint density at radius 3 is 2.64 bits per heavy atom. The van der Waals surface area contributed by atoms with Crippen molar-refractivity contribution in [2.24, 2.45) is 5.10 Å². The Kier molecular flexibility index (Phi) is 5.95. The van der Waals surface area contributed by atoms with E-state index in [0.717, 1.165) is 12.1 Å². The number of benzene rings is 2. The molecule has 0 saturated carbocycles. The first-order valence-corrected chi connectivity index (χ1v) is 9.00. The van der Waals surface area contributed by atoms with E-state index in [1.807, 2.05) is 0 Å². The van der Waals surface area contributed by atoms with E-state index in [9.17, 15) is 13.6 Å². The van der Waals surface area contributed by atoms with Gasteiger partial charge in [0.25, 0.3) is 0 Å². The first-order chi connectivity index (χ1) is 13.5. The maximum Gasteiger partial charge on any atom is 0.230 e. The van der Waals surface area contributed by atoms with E-state index in [0.29, 0.717) is 22.3 Å². The second kappa shape index (κ2) is 8.57. The van der Waals surface area contributed by atoms with Crippen LogP contribution in [0.3, 0.4) is 0 Å². The van der Waals surface area contributed by atoms with Crippen LogP contribution in [0, 0.1) is 11.6 Å². The first kappa shape index (κ1) is 19.4. The molecule has 3 aromatic rings. The number of nitrogens with zero attached hydrogens (tertiary/aromatic N) is 3. The van der Waals surface area contributed by atoms with E-state index in [2.05, 4.69) is 15.5 Å². The lowest BCUT2D eigenvalue weighted by atomic mass is 10.3. The Balaban J connectivity index is 1.75. The molecular formula is C19H16F2N4O2S. The number of thiazole rings is 1. The molecule has 0 atom stereocenters. The molecule has 0 fully saturated rings. The lowest BCUT2D eigenvalue weighted by Crippen LogP contribution is -2.22. The molecule has 0 aliphatic carbocycles. The van der Waals surface area contributed by atoms with Gasteiger partial charge >= 0.3 is 0 Å². The fourth-order valence-electron chi connectivity index (χ4n) is 2.34. The summed E-state index contributed by atoms with van der Waals surface area (Å²) in [7, 11) is 1.57. The highest BCUT2D eigenvalue weighted by atomic mass is 32.1. The van der Waals surface area contributed by atoms with Crippen LogP contribution in [-0.4, -0.2) is 24.2 Å². The SMILES string of the molecule is COc1ccc(N(C(C)=O)c2nc(/C=N\Nc3ccc(F)cc3F)cs2)cc1. The van der Waals surface area contributed by atoms with Crippen LogP contribution in [0.25, 0.3) is 0 Å². The van der Waals surface area contributed by atoms with Gasteiger partial charge < -0.3 is 4.74 Å². The normalized spacial score (nSPS) is 10.9. The van der Waals surface area contributed by atoms with Crippen molar-refractivity contribution in [3.05, 3.63) is 65.2 Å². The monoisotopic (exact) mass is 402 g/mol. The predicted molar refractivity (Wildman–Crippen MR) is 106 cm³/mol. The van der Waals surface area contributed by atoms with Crippen molar-refractivity contribution in [2.45, 2.75) is 6.92 Å². The van der Waals surface area contributed by atoms with Crippen molar-refractivity contribution in [2.75, 3.05) is 17.4 Å². The number of hydrogen-bond donors (Lipinski definition) is 1. The highest BCUT2D eigenvalue weighted by molar-refractivity contribution is 7.14. The van der Waals surface area contributed by atoms with Crippen LogP contribution in [0.2, 0.25) is 0 Å². The summed E-state index contributed by atoms with van der Waals surface area (Å²) in [5.41, 5.74) is 3.66. The Morgan fingerprint density at radius 1 is 1.25 bits per heavy atom. The van der Waals surface area contributed by atoms with Crippen molar-refractivity contribution in [3.8, 4) is 5.75 Å². The van der Waals surface area contributed by atoms with E-state index in [-0.39, 0.29) is 11.6 Å². The van der Waals surface area contributed by atoms with Crippen LogP contribution in [0.15, 0.2) is 52.9 Å². The molecule has 2 aromatic carbocycles. The molecule has 0 aliphatic rings. The van der Waals surface area contributed by atoms with Crippen LogP contribution in [0.1, 0.15) is 12.6 Å². The lowest BCUT2D eigenvalue weighted by molar-refractivity contribution is -0.115. The molecule has 1 amide bonds. The number of hydrazone groups is 1. The van der Waals surface area contributed by atoms with Gasteiger partial charge in [-0.3, -0.25) is 15.1 Å². The molecule has 0 unspecified atom stereocenters. The Labute approximate surface area is 164 Å². The summed E-state index contributed by atoms with van der Waals surface area (Å²) in [6.07, 6.45) is 1.38. The average Bonchev–Trinajstić information content (AvgIpc) is 3.12. The average molecular weight is 402 g/mol. The molecule has 28 heavy (non-hydrogen) atoms. The van der Waals surface area contributed by atoms with Gasteiger partial charge in [0.05, 0.1) is 30.4 Å². The second-order valence-electron chi connectivity index (χ2n) is 5.60. The predicted octanol–water partition coefficient (Wildman–Crippen LogP) is 4.56. The second-order valence-corrected chi connectivity index (χ2v) is 6.44. The molecule has 0 radical (unpaired) electrons. The van der Waals surface area contributed by atoms with Gasteiger partial charge in [-0.15, -0.1) is 11.3 Å². The van der Waals surface area contributed by atoms with Gasteiger partial charge in [0.15, 0.2) is 10.9 Å². The molecule has 0 spiro atoms. The summed E-state index contributed by atoms with van der Waals surface area (Å²) >= 11 is 1.26. The molecule has 1 aromatic heterocycles. The van der Waals surface area contributed by atoms with Gasteiger partial charge in [0, 0.05) is 18.4 Å².